The summed E-state index contributed by atoms with van der Waals surface area (Å²) in [6, 6.07) is 0. The van der Waals surface area contributed by atoms with Crippen LogP contribution in [-0.4, -0.2) is 30.8 Å². The summed E-state index contributed by atoms with van der Waals surface area (Å²) in [4.78, 5) is 0. The van der Waals surface area contributed by atoms with Crippen LogP contribution in [0.4, 0.5) is 8.78 Å². The van der Waals surface area contributed by atoms with Crippen molar-refractivity contribution in [1.82, 2.24) is 0 Å². The van der Waals surface area contributed by atoms with E-state index in [9.17, 15) is 8.78 Å². The van der Waals surface area contributed by atoms with Crippen LogP contribution in [0.3, 0.4) is 0 Å². The molecule has 0 aliphatic carbocycles. The fraction of sp³-hybridized carbons (Fsp3) is 0.750. The van der Waals surface area contributed by atoms with Gasteiger partial charge in [0.25, 0.3) is 6.43 Å². The van der Waals surface area contributed by atoms with E-state index < -0.39 is 19.1 Å². The number of hydrogen-bond acceptors (Lipinski definition) is 2. The fourth-order valence-corrected chi connectivity index (χ4v) is 0.614. The maximum absolute atomic E-state index is 11.5. The molecule has 1 atom stereocenters. The number of aliphatic hydroxyl groups is 1. The van der Waals surface area contributed by atoms with E-state index in [4.69, 9.17) is 5.11 Å². The molecule has 0 saturated heterocycles. The molecule has 0 amide bonds. The standard InChI is InChI=1S/C8H14F2O2/c1-6(2)7(11)3-4-12-5-8(9)10/h7-8,11H,1,3-5H2,2H3. The van der Waals surface area contributed by atoms with Crippen molar-refractivity contribution < 1.29 is 18.6 Å². The number of halogens is 2. The highest BCUT2D eigenvalue weighted by Crippen LogP contribution is 2.03. The molecular formula is C8H14F2O2. The van der Waals surface area contributed by atoms with Crippen LogP contribution in [0.25, 0.3) is 0 Å². The average Bonchev–Trinajstić information content (AvgIpc) is 1.97. The second-order valence-electron chi connectivity index (χ2n) is 2.62. The van der Waals surface area contributed by atoms with Crippen LogP contribution >= 0.6 is 0 Å². The molecule has 2 nitrogen and oxygen atoms in total. The van der Waals surface area contributed by atoms with Crippen molar-refractivity contribution in [1.29, 1.82) is 0 Å². The molecule has 4 heteroatoms. The van der Waals surface area contributed by atoms with Crippen molar-refractivity contribution in [2.24, 2.45) is 0 Å². The molecule has 1 unspecified atom stereocenters. The van der Waals surface area contributed by atoms with Crippen LogP contribution in [0.5, 0.6) is 0 Å². The summed E-state index contributed by atoms with van der Waals surface area (Å²) >= 11 is 0. The third kappa shape index (κ3) is 6.24. The van der Waals surface area contributed by atoms with Crippen molar-refractivity contribution in [3.05, 3.63) is 12.2 Å². The predicted octanol–water partition coefficient (Wildman–Crippen LogP) is 1.60. The number of aliphatic hydroxyl groups excluding tert-OH is 1. The van der Waals surface area contributed by atoms with Crippen molar-refractivity contribution in [3.8, 4) is 0 Å². The van der Waals surface area contributed by atoms with Gasteiger partial charge in [-0.1, -0.05) is 12.2 Å². The van der Waals surface area contributed by atoms with Gasteiger partial charge in [0.05, 0.1) is 6.10 Å². The molecule has 0 aromatic rings. The molecular weight excluding hydrogens is 166 g/mol. The summed E-state index contributed by atoms with van der Waals surface area (Å²) in [7, 11) is 0. The Morgan fingerprint density at radius 3 is 2.58 bits per heavy atom. The van der Waals surface area contributed by atoms with Crippen molar-refractivity contribution in [2.45, 2.75) is 25.9 Å². The maximum atomic E-state index is 11.5. The summed E-state index contributed by atoms with van der Waals surface area (Å²) in [5.41, 5.74) is 0.621. The van der Waals surface area contributed by atoms with Gasteiger partial charge in [0.2, 0.25) is 0 Å². The molecule has 0 saturated carbocycles. The van der Waals surface area contributed by atoms with Crippen molar-refractivity contribution in [2.75, 3.05) is 13.2 Å². The lowest BCUT2D eigenvalue weighted by Crippen LogP contribution is -2.13. The second kappa shape index (κ2) is 6.08. The first-order chi connectivity index (χ1) is 5.54. The molecule has 0 rings (SSSR count). The minimum absolute atomic E-state index is 0.137. The third-order valence-electron chi connectivity index (χ3n) is 1.35. The summed E-state index contributed by atoms with van der Waals surface area (Å²) in [6.45, 7) is 4.76. The van der Waals surface area contributed by atoms with Gasteiger partial charge >= 0.3 is 0 Å². The number of hydrogen-bond donors (Lipinski definition) is 1. The highest BCUT2D eigenvalue weighted by atomic mass is 19.3. The first-order valence-corrected chi connectivity index (χ1v) is 3.73. The van der Waals surface area contributed by atoms with Gasteiger partial charge in [-0.2, -0.15) is 0 Å². The Morgan fingerprint density at radius 1 is 1.58 bits per heavy atom. The van der Waals surface area contributed by atoms with Crippen LogP contribution in [0.2, 0.25) is 0 Å². The Morgan fingerprint density at radius 2 is 2.17 bits per heavy atom. The lowest BCUT2D eigenvalue weighted by molar-refractivity contribution is 0.00816. The van der Waals surface area contributed by atoms with Gasteiger partial charge in [-0.3, -0.25) is 0 Å². The number of rotatable bonds is 6. The van der Waals surface area contributed by atoms with Crippen LogP contribution in [0, 0.1) is 0 Å². The van der Waals surface area contributed by atoms with E-state index >= 15 is 0 Å². The Kier molecular flexibility index (Phi) is 5.84. The van der Waals surface area contributed by atoms with Gasteiger partial charge in [0.1, 0.15) is 6.61 Å². The van der Waals surface area contributed by atoms with Gasteiger partial charge in [0, 0.05) is 13.0 Å². The lowest BCUT2D eigenvalue weighted by atomic mass is 10.1. The minimum atomic E-state index is -2.44. The molecule has 1 N–H and O–H groups in total. The van der Waals surface area contributed by atoms with Gasteiger partial charge in [0.15, 0.2) is 0 Å². The monoisotopic (exact) mass is 180 g/mol. The van der Waals surface area contributed by atoms with E-state index in [0.717, 1.165) is 0 Å². The van der Waals surface area contributed by atoms with Crippen LogP contribution in [0.15, 0.2) is 12.2 Å². The molecule has 0 bridgehead atoms. The highest BCUT2D eigenvalue weighted by Gasteiger charge is 2.05. The molecule has 0 aromatic heterocycles. The number of ether oxygens (including phenoxy) is 1. The topological polar surface area (TPSA) is 29.5 Å². The van der Waals surface area contributed by atoms with E-state index in [-0.39, 0.29) is 6.61 Å². The molecule has 0 aliphatic heterocycles. The average molecular weight is 180 g/mol. The Balaban J connectivity index is 3.25. The Labute approximate surface area is 70.8 Å². The molecule has 0 aliphatic rings. The molecule has 0 fully saturated rings. The Hall–Kier alpha value is -0.480. The van der Waals surface area contributed by atoms with Crippen molar-refractivity contribution in [3.63, 3.8) is 0 Å². The van der Waals surface area contributed by atoms with E-state index in [1.165, 1.54) is 0 Å². The fourth-order valence-electron chi connectivity index (χ4n) is 0.614. The SMILES string of the molecule is C=C(C)C(O)CCOCC(F)F. The molecule has 0 aromatic carbocycles. The van der Waals surface area contributed by atoms with Crippen LogP contribution < -0.4 is 0 Å². The van der Waals surface area contributed by atoms with E-state index in [1.54, 1.807) is 6.92 Å². The van der Waals surface area contributed by atoms with E-state index in [2.05, 4.69) is 11.3 Å². The van der Waals surface area contributed by atoms with Crippen molar-refractivity contribution >= 4 is 0 Å². The van der Waals surface area contributed by atoms with Crippen LogP contribution in [-0.2, 0) is 4.74 Å². The lowest BCUT2D eigenvalue weighted by Gasteiger charge is -2.09. The molecule has 0 heterocycles. The number of alkyl halides is 2. The van der Waals surface area contributed by atoms with Gasteiger partial charge < -0.3 is 9.84 Å². The van der Waals surface area contributed by atoms with Gasteiger partial charge in [-0.25, -0.2) is 8.78 Å². The predicted molar refractivity (Wildman–Crippen MR) is 42.3 cm³/mol. The molecule has 72 valence electrons. The first-order valence-electron chi connectivity index (χ1n) is 3.73. The molecule has 0 radical (unpaired) electrons. The van der Waals surface area contributed by atoms with E-state index in [0.29, 0.717) is 12.0 Å². The minimum Gasteiger partial charge on any atom is -0.389 e. The smallest absolute Gasteiger partial charge is 0.261 e. The second-order valence-corrected chi connectivity index (χ2v) is 2.62. The molecule has 0 spiro atoms. The zero-order chi connectivity index (χ0) is 9.56. The highest BCUT2D eigenvalue weighted by molar-refractivity contribution is 4.96. The largest absolute Gasteiger partial charge is 0.389 e. The summed E-state index contributed by atoms with van der Waals surface area (Å²) in [5, 5.41) is 9.12. The zero-order valence-electron chi connectivity index (χ0n) is 7.09. The quantitative estimate of drug-likeness (QED) is 0.497. The molecule has 12 heavy (non-hydrogen) atoms. The summed E-state index contributed by atoms with van der Waals surface area (Å²) < 4.78 is 27.6. The zero-order valence-corrected chi connectivity index (χ0v) is 7.09. The summed E-state index contributed by atoms with van der Waals surface area (Å²) in [6.07, 6.45) is -2.77. The summed E-state index contributed by atoms with van der Waals surface area (Å²) in [5.74, 6) is 0. The normalized spacial score (nSPS) is 13.4. The van der Waals surface area contributed by atoms with Gasteiger partial charge in [-0.05, 0) is 6.92 Å². The third-order valence-corrected chi connectivity index (χ3v) is 1.35. The first kappa shape index (κ1) is 11.5. The van der Waals surface area contributed by atoms with Crippen LogP contribution in [0.1, 0.15) is 13.3 Å². The van der Waals surface area contributed by atoms with E-state index in [1.807, 2.05) is 0 Å². The van der Waals surface area contributed by atoms with Gasteiger partial charge in [-0.15, -0.1) is 0 Å². The Bertz CT molecular complexity index is 137. The maximum Gasteiger partial charge on any atom is 0.261 e.